The van der Waals surface area contributed by atoms with Crippen LogP contribution in [0.2, 0.25) is 0 Å². The fourth-order valence-corrected chi connectivity index (χ4v) is 5.12. The minimum Gasteiger partial charge on any atom is -0.378 e. The molecule has 0 amide bonds. The number of likely N-dealkylation sites (N-methyl/N-ethyl adjacent to an activating group) is 1. The van der Waals surface area contributed by atoms with Crippen molar-refractivity contribution in [1.82, 2.24) is 30.0 Å². The summed E-state index contributed by atoms with van der Waals surface area (Å²) in [6.07, 6.45) is 12.3. The lowest BCUT2D eigenvalue weighted by Gasteiger charge is -2.13. The quantitative estimate of drug-likeness (QED) is 0.311. The molecule has 0 radical (unpaired) electrons. The number of hydrogen-bond donors (Lipinski definition) is 2. The second-order valence-corrected chi connectivity index (χ2v) is 9.94. The van der Waals surface area contributed by atoms with Gasteiger partial charge in [0.15, 0.2) is 5.13 Å². The topological polar surface area (TPSA) is 73.5 Å². The molecule has 0 aromatic carbocycles. The van der Waals surface area contributed by atoms with Gasteiger partial charge in [-0.05, 0) is 54.0 Å². The summed E-state index contributed by atoms with van der Waals surface area (Å²) in [6, 6.07) is 9.34. The smallest absolute Gasteiger partial charge is 0.176 e. The van der Waals surface area contributed by atoms with E-state index in [2.05, 4.69) is 56.3 Å². The predicted octanol–water partition coefficient (Wildman–Crippen LogP) is 6.40. The molecule has 0 bridgehead atoms. The average Bonchev–Trinajstić information content (AvgIpc) is 3.54. The number of aromatic amines is 2. The summed E-state index contributed by atoms with van der Waals surface area (Å²) in [7, 11) is 4.08. The molecule has 1 aliphatic rings. The number of hydrogen-bond acceptors (Lipinski definition) is 5. The fraction of sp³-hybridized carbons (Fsp3) is 0.148. The molecule has 5 aromatic heterocycles. The Bertz CT molecular complexity index is 1670. The third kappa shape index (κ3) is 3.85. The van der Waals surface area contributed by atoms with Gasteiger partial charge in [0.2, 0.25) is 0 Å². The number of H-pyrrole nitrogens is 2. The maximum atomic E-state index is 13.7. The first-order valence-corrected chi connectivity index (χ1v) is 12.2. The third-order valence-corrected chi connectivity index (χ3v) is 7.08. The maximum Gasteiger partial charge on any atom is 0.176 e. The van der Waals surface area contributed by atoms with E-state index in [0.29, 0.717) is 5.92 Å². The lowest BCUT2D eigenvalue weighted by atomic mass is 10.1. The number of rotatable bonds is 4. The Morgan fingerprint density at radius 2 is 1.97 bits per heavy atom. The molecule has 0 saturated carbocycles. The van der Waals surface area contributed by atoms with Gasteiger partial charge >= 0.3 is 0 Å². The number of halogens is 1. The third-order valence-electron chi connectivity index (χ3n) is 6.18. The zero-order valence-electron chi connectivity index (χ0n) is 19.5. The Balaban J connectivity index is 1.47. The lowest BCUT2D eigenvalue weighted by molar-refractivity contribution is 0.530. The molecule has 8 heteroatoms. The molecule has 6 nitrogen and oxygen atoms in total. The summed E-state index contributed by atoms with van der Waals surface area (Å²) < 4.78 is 13.7. The summed E-state index contributed by atoms with van der Waals surface area (Å²) in [4.78, 5) is 15.7. The molecule has 6 rings (SSSR count). The number of pyridine rings is 2. The van der Waals surface area contributed by atoms with Crippen LogP contribution in [0.1, 0.15) is 12.6 Å². The highest BCUT2D eigenvalue weighted by Gasteiger charge is 2.17. The molecule has 35 heavy (non-hydrogen) atoms. The molecular weight excluding hydrogens is 459 g/mol. The van der Waals surface area contributed by atoms with Gasteiger partial charge in [-0.15, -0.1) is 11.3 Å². The summed E-state index contributed by atoms with van der Waals surface area (Å²) >= 11 is 1.11. The molecule has 1 aliphatic carbocycles. The Morgan fingerprint density at radius 1 is 1.09 bits per heavy atom. The van der Waals surface area contributed by atoms with E-state index in [9.17, 15) is 4.39 Å². The van der Waals surface area contributed by atoms with Gasteiger partial charge in [0.05, 0.1) is 28.6 Å². The van der Waals surface area contributed by atoms with Gasteiger partial charge in [0, 0.05) is 41.8 Å². The number of thiophene rings is 1. The van der Waals surface area contributed by atoms with E-state index in [-0.39, 0.29) is 5.13 Å². The van der Waals surface area contributed by atoms with Crippen LogP contribution >= 0.6 is 11.3 Å². The monoisotopic (exact) mass is 482 g/mol. The highest BCUT2D eigenvalue weighted by molar-refractivity contribution is 7.14. The van der Waals surface area contributed by atoms with Crippen molar-refractivity contribution in [1.29, 1.82) is 0 Å². The van der Waals surface area contributed by atoms with Gasteiger partial charge < -0.3 is 9.88 Å². The Labute approximate surface area is 205 Å². The van der Waals surface area contributed by atoms with Crippen LogP contribution < -0.4 is 0 Å². The predicted molar refractivity (Wildman–Crippen MR) is 140 cm³/mol. The second-order valence-electron chi connectivity index (χ2n) is 8.90. The van der Waals surface area contributed by atoms with Gasteiger partial charge in [-0.3, -0.25) is 10.1 Å². The molecule has 5 aromatic rings. The normalized spacial score (nSPS) is 15.9. The van der Waals surface area contributed by atoms with Gasteiger partial charge in [-0.25, -0.2) is 4.98 Å². The van der Waals surface area contributed by atoms with Crippen LogP contribution in [0.5, 0.6) is 0 Å². The van der Waals surface area contributed by atoms with Crippen LogP contribution in [0.25, 0.3) is 49.3 Å². The van der Waals surface area contributed by atoms with Gasteiger partial charge in [-0.2, -0.15) is 9.49 Å². The van der Waals surface area contributed by atoms with Crippen molar-refractivity contribution in [2.24, 2.45) is 5.92 Å². The molecule has 5 heterocycles. The minimum atomic E-state index is -0.216. The summed E-state index contributed by atoms with van der Waals surface area (Å²) in [5, 5.41) is 8.44. The number of aromatic nitrogens is 5. The Kier molecular flexibility index (Phi) is 5.11. The van der Waals surface area contributed by atoms with E-state index in [0.717, 1.165) is 72.1 Å². The second kappa shape index (κ2) is 8.32. The largest absolute Gasteiger partial charge is 0.378 e. The van der Waals surface area contributed by atoms with Crippen LogP contribution in [0.4, 0.5) is 4.39 Å². The SMILES string of the molecule is C[C@H]1C=CC(N(C)C)=CC(c2ccc3[nH]nc(-c4cc5c(-c6ccc(F)s6)cncc5[nH]4)c3n2)=C1. The molecule has 0 aliphatic heterocycles. The molecule has 1 atom stereocenters. The molecule has 174 valence electrons. The summed E-state index contributed by atoms with van der Waals surface area (Å²) in [6.45, 7) is 2.17. The Morgan fingerprint density at radius 3 is 2.77 bits per heavy atom. The van der Waals surface area contributed by atoms with Crippen molar-refractivity contribution >= 4 is 38.8 Å². The molecule has 0 spiro atoms. The standard InChI is InChI=1S/C27H23FN6S/c1-15-4-5-17(34(2)3)11-16(10-15)20-6-7-21-26(31-20)27(33-32-21)22-12-18-19(13-29-14-23(18)30-22)24-8-9-25(28)35-24/h4-15,30H,1-3H3,(H,32,33)/t15-/m0/s1. The number of nitrogens with one attached hydrogen (secondary N) is 2. The highest BCUT2D eigenvalue weighted by Crippen LogP contribution is 2.36. The van der Waals surface area contributed by atoms with Crippen molar-refractivity contribution in [2.75, 3.05) is 14.1 Å². The lowest BCUT2D eigenvalue weighted by Crippen LogP contribution is -2.09. The summed E-state index contributed by atoms with van der Waals surface area (Å²) in [5.74, 6) is 0.293. The fourth-order valence-electron chi connectivity index (χ4n) is 4.36. The van der Waals surface area contributed by atoms with Crippen LogP contribution in [0, 0.1) is 11.0 Å². The molecule has 2 N–H and O–H groups in total. The van der Waals surface area contributed by atoms with E-state index in [1.807, 2.05) is 32.3 Å². The van der Waals surface area contributed by atoms with Crippen LogP contribution in [-0.2, 0) is 0 Å². The zero-order valence-corrected chi connectivity index (χ0v) is 20.3. The van der Waals surface area contributed by atoms with E-state index in [1.165, 1.54) is 6.07 Å². The van der Waals surface area contributed by atoms with Crippen LogP contribution in [0.3, 0.4) is 0 Å². The van der Waals surface area contributed by atoms with Crippen molar-refractivity contribution in [2.45, 2.75) is 6.92 Å². The number of allylic oxidation sites excluding steroid dienone is 5. The first kappa shape index (κ1) is 21.5. The van der Waals surface area contributed by atoms with Crippen molar-refractivity contribution in [3.63, 3.8) is 0 Å². The van der Waals surface area contributed by atoms with Gasteiger partial charge in [0.25, 0.3) is 0 Å². The maximum absolute atomic E-state index is 13.7. The number of nitrogens with zero attached hydrogens (tertiary/aromatic N) is 4. The summed E-state index contributed by atoms with van der Waals surface area (Å²) in [5.41, 5.74) is 8.05. The molecule has 0 fully saturated rings. The minimum absolute atomic E-state index is 0.216. The van der Waals surface area contributed by atoms with E-state index < -0.39 is 0 Å². The van der Waals surface area contributed by atoms with E-state index >= 15 is 0 Å². The van der Waals surface area contributed by atoms with Gasteiger partial charge in [0.1, 0.15) is 11.2 Å². The zero-order chi connectivity index (χ0) is 24.1. The molecular formula is C27H23FN6S. The van der Waals surface area contributed by atoms with Crippen molar-refractivity contribution < 1.29 is 4.39 Å². The van der Waals surface area contributed by atoms with E-state index in [4.69, 9.17) is 4.98 Å². The van der Waals surface area contributed by atoms with Crippen LogP contribution in [0.15, 0.2) is 72.7 Å². The Hall–Kier alpha value is -4.04. The molecule has 0 unspecified atom stereocenters. The van der Waals surface area contributed by atoms with Crippen molar-refractivity contribution in [3.05, 3.63) is 83.6 Å². The first-order chi connectivity index (χ1) is 17.0. The molecule has 0 saturated heterocycles. The number of fused-ring (bicyclic) bond motifs is 2. The van der Waals surface area contributed by atoms with Crippen molar-refractivity contribution in [3.8, 4) is 21.8 Å². The highest BCUT2D eigenvalue weighted by atomic mass is 32.1. The average molecular weight is 483 g/mol. The van der Waals surface area contributed by atoms with Crippen LogP contribution in [-0.4, -0.2) is 44.1 Å². The van der Waals surface area contributed by atoms with Gasteiger partial charge in [-0.1, -0.05) is 19.1 Å². The van der Waals surface area contributed by atoms with E-state index in [1.54, 1.807) is 18.5 Å². The first-order valence-electron chi connectivity index (χ1n) is 11.3.